The Kier molecular flexibility index (Phi) is 5.22. The lowest BCUT2D eigenvalue weighted by Gasteiger charge is -2.38. The second-order valence-electron chi connectivity index (χ2n) is 6.72. The number of hydrogen-bond donors (Lipinski definition) is 1. The molecular formula is C16H30N4. The highest BCUT2D eigenvalue weighted by Crippen LogP contribution is 2.29. The Balaban J connectivity index is 2.01. The van der Waals surface area contributed by atoms with Crippen LogP contribution in [-0.4, -0.2) is 34.3 Å². The average Bonchev–Trinajstić information content (AvgIpc) is 2.90. The van der Waals surface area contributed by atoms with Crippen LogP contribution in [0.25, 0.3) is 0 Å². The summed E-state index contributed by atoms with van der Waals surface area (Å²) in [5.74, 6) is 1.68. The van der Waals surface area contributed by atoms with Crippen LogP contribution in [0, 0.1) is 11.8 Å². The Morgan fingerprint density at radius 2 is 1.90 bits per heavy atom. The quantitative estimate of drug-likeness (QED) is 0.901. The van der Waals surface area contributed by atoms with E-state index in [2.05, 4.69) is 43.9 Å². The number of hydrogen-bond acceptors (Lipinski definition) is 3. The minimum absolute atomic E-state index is 0.329. The summed E-state index contributed by atoms with van der Waals surface area (Å²) in [5, 5.41) is 4.46. The predicted octanol–water partition coefficient (Wildman–Crippen LogP) is 2.83. The minimum Gasteiger partial charge on any atom is -0.329 e. The normalized spacial score (nSPS) is 19.9. The molecule has 1 aromatic rings. The second kappa shape index (κ2) is 6.72. The van der Waals surface area contributed by atoms with Crippen molar-refractivity contribution in [2.24, 2.45) is 17.6 Å². The molecule has 2 N–H and O–H groups in total. The van der Waals surface area contributed by atoms with Gasteiger partial charge in [0, 0.05) is 24.3 Å². The summed E-state index contributed by atoms with van der Waals surface area (Å²) < 4.78 is 2.03. The molecule has 0 saturated carbocycles. The van der Waals surface area contributed by atoms with Gasteiger partial charge in [-0.1, -0.05) is 13.8 Å². The summed E-state index contributed by atoms with van der Waals surface area (Å²) >= 11 is 0. The lowest BCUT2D eigenvalue weighted by molar-refractivity contribution is 0.117. The van der Waals surface area contributed by atoms with Crippen molar-refractivity contribution in [2.75, 3.05) is 19.6 Å². The molecule has 0 bridgehead atoms. The van der Waals surface area contributed by atoms with Crippen molar-refractivity contribution >= 4 is 0 Å². The van der Waals surface area contributed by atoms with E-state index in [1.165, 1.54) is 18.4 Å². The molecule has 2 rings (SSSR count). The number of nitrogens with two attached hydrogens (primary N) is 1. The van der Waals surface area contributed by atoms with E-state index in [0.29, 0.717) is 18.6 Å². The van der Waals surface area contributed by atoms with E-state index in [4.69, 9.17) is 5.73 Å². The second-order valence-corrected chi connectivity index (χ2v) is 6.72. The van der Waals surface area contributed by atoms with Crippen molar-refractivity contribution < 1.29 is 0 Å². The van der Waals surface area contributed by atoms with Gasteiger partial charge in [0.25, 0.3) is 0 Å². The van der Waals surface area contributed by atoms with Crippen LogP contribution >= 0.6 is 0 Å². The van der Waals surface area contributed by atoms with Crippen molar-refractivity contribution in [1.29, 1.82) is 0 Å². The highest BCUT2D eigenvalue weighted by molar-refractivity contribution is 5.12. The van der Waals surface area contributed by atoms with Gasteiger partial charge in [0.05, 0.1) is 12.2 Å². The van der Waals surface area contributed by atoms with Gasteiger partial charge in [-0.15, -0.1) is 0 Å². The van der Waals surface area contributed by atoms with E-state index < -0.39 is 0 Å². The SMILES string of the molecule is CC(C)C1CCN(C(CN)c2cnn(C(C)C)c2)CC1. The fourth-order valence-electron chi connectivity index (χ4n) is 3.20. The molecule has 0 radical (unpaired) electrons. The standard InChI is InChI=1S/C16H30N4/c1-12(2)14-5-7-19(8-6-14)16(9-17)15-10-18-20(11-15)13(3)4/h10-14,16H,5-9,17H2,1-4H3. The monoisotopic (exact) mass is 278 g/mol. The van der Waals surface area contributed by atoms with Crippen LogP contribution in [0.3, 0.4) is 0 Å². The molecule has 4 heteroatoms. The van der Waals surface area contributed by atoms with Crippen molar-refractivity contribution in [3.8, 4) is 0 Å². The molecule has 0 amide bonds. The van der Waals surface area contributed by atoms with Gasteiger partial charge < -0.3 is 5.73 Å². The molecule has 4 nitrogen and oxygen atoms in total. The molecule has 0 aliphatic carbocycles. The van der Waals surface area contributed by atoms with E-state index in [1.54, 1.807) is 0 Å². The molecule has 0 aromatic carbocycles. The average molecular weight is 278 g/mol. The number of nitrogens with zero attached hydrogens (tertiary/aromatic N) is 3. The molecule has 1 unspecified atom stereocenters. The number of rotatable bonds is 5. The van der Waals surface area contributed by atoms with Crippen LogP contribution in [0.2, 0.25) is 0 Å². The molecule has 1 atom stereocenters. The summed E-state index contributed by atoms with van der Waals surface area (Å²) in [5.41, 5.74) is 7.30. The maximum Gasteiger partial charge on any atom is 0.0538 e. The Labute approximate surface area is 123 Å². The number of aromatic nitrogens is 2. The van der Waals surface area contributed by atoms with Gasteiger partial charge in [-0.3, -0.25) is 9.58 Å². The lowest BCUT2D eigenvalue weighted by Crippen LogP contribution is -2.40. The van der Waals surface area contributed by atoms with Crippen LogP contribution in [0.5, 0.6) is 0 Å². The van der Waals surface area contributed by atoms with E-state index >= 15 is 0 Å². The van der Waals surface area contributed by atoms with E-state index in [-0.39, 0.29) is 0 Å². The van der Waals surface area contributed by atoms with Gasteiger partial charge in [0.2, 0.25) is 0 Å². The summed E-state index contributed by atoms with van der Waals surface area (Å²) in [4.78, 5) is 2.54. The first-order valence-electron chi connectivity index (χ1n) is 8.01. The zero-order valence-electron chi connectivity index (χ0n) is 13.4. The fourth-order valence-corrected chi connectivity index (χ4v) is 3.20. The van der Waals surface area contributed by atoms with Crippen LogP contribution in [0.1, 0.15) is 58.2 Å². The topological polar surface area (TPSA) is 47.1 Å². The zero-order valence-corrected chi connectivity index (χ0v) is 13.4. The lowest BCUT2D eigenvalue weighted by atomic mass is 9.86. The zero-order chi connectivity index (χ0) is 14.7. The van der Waals surface area contributed by atoms with Crippen LogP contribution in [0.4, 0.5) is 0 Å². The smallest absolute Gasteiger partial charge is 0.0538 e. The minimum atomic E-state index is 0.329. The summed E-state index contributed by atoms with van der Waals surface area (Å²) in [6, 6.07) is 0.740. The van der Waals surface area contributed by atoms with E-state index in [0.717, 1.165) is 24.9 Å². The van der Waals surface area contributed by atoms with Crippen molar-refractivity contribution in [3.05, 3.63) is 18.0 Å². The Morgan fingerprint density at radius 3 is 2.35 bits per heavy atom. The maximum atomic E-state index is 6.04. The molecule has 1 aliphatic heterocycles. The van der Waals surface area contributed by atoms with Crippen LogP contribution in [0.15, 0.2) is 12.4 Å². The van der Waals surface area contributed by atoms with Gasteiger partial charge >= 0.3 is 0 Å². The summed E-state index contributed by atoms with van der Waals surface area (Å²) in [6.07, 6.45) is 6.75. The Morgan fingerprint density at radius 1 is 1.25 bits per heavy atom. The Bertz CT molecular complexity index is 402. The van der Waals surface area contributed by atoms with Gasteiger partial charge in [0.1, 0.15) is 0 Å². The maximum absolute atomic E-state index is 6.04. The molecule has 1 saturated heterocycles. The number of likely N-dealkylation sites (tertiary alicyclic amines) is 1. The third kappa shape index (κ3) is 3.41. The molecule has 0 spiro atoms. The fraction of sp³-hybridized carbons (Fsp3) is 0.812. The van der Waals surface area contributed by atoms with Crippen LogP contribution < -0.4 is 5.73 Å². The van der Waals surface area contributed by atoms with Crippen molar-refractivity contribution in [1.82, 2.24) is 14.7 Å². The number of piperidine rings is 1. The molecule has 1 aromatic heterocycles. The van der Waals surface area contributed by atoms with Gasteiger partial charge in [-0.2, -0.15) is 5.10 Å². The summed E-state index contributed by atoms with van der Waals surface area (Å²) in [7, 11) is 0. The van der Waals surface area contributed by atoms with Gasteiger partial charge in [-0.05, 0) is 51.6 Å². The molecule has 1 fully saturated rings. The largest absolute Gasteiger partial charge is 0.329 e. The van der Waals surface area contributed by atoms with Crippen molar-refractivity contribution in [3.63, 3.8) is 0 Å². The van der Waals surface area contributed by atoms with Gasteiger partial charge in [-0.25, -0.2) is 0 Å². The first-order valence-corrected chi connectivity index (χ1v) is 8.01. The molecular weight excluding hydrogens is 248 g/mol. The third-order valence-corrected chi connectivity index (χ3v) is 4.72. The third-order valence-electron chi connectivity index (χ3n) is 4.72. The highest BCUT2D eigenvalue weighted by Gasteiger charge is 2.27. The molecule has 1 aliphatic rings. The first kappa shape index (κ1) is 15.5. The predicted molar refractivity (Wildman–Crippen MR) is 83.5 cm³/mol. The highest BCUT2D eigenvalue weighted by atomic mass is 15.3. The molecule has 2 heterocycles. The van der Waals surface area contributed by atoms with Crippen molar-refractivity contribution in [2.45, 2.75) is 52.6 Å². The van der Waals surface area contributed by atoms with E-state index in [1.807, 2.05) is 10.9 Å². The Hall–Kier alpha value is -0.870. The molecule has 20 heavy (non-hydrogen) atoms. The first-order chi connectivity index (χ1) is 9.52. The molecule has 114 valence electrons. The van der Waals surface area contributed by atoms with Gasteiger partial charge in [0.15, 0.2) is 0 Å². The van der Waals surface area contributed by atoms with Crippen LogP contribution in [-0.2, 0) is 0 Å². The summed E-state index contributed by atoms with van der Waals surface area (Å²) in [6.45, 7) is 12.0. The van der Waals surface area contributed by atoms with E-state index in [9.17, 15) is 0 Å².